The summed E-state index contributed by atoms with van der Waals surface area (Å²) in [6, 6.07) is 12.8. The van der Waals surface area contributed by atoms with Crippen molar-refractivity contribution in [2.45, 2.75) is 44.6 Å². The van der Waals surface area contributed by atoms with E-state index in [4.69, 9.17) is 15.2 Å². The van der Waals surface area contributed by atoms with Crippen LogP contribution in [0.4, 0.5) is 23.3 Å². The number of nitrogens with two attached hydrogens (primary N) is 1. The first-order chi connectivity index (χ1) is 19.6. The van der Waals surface area contributed by atoms with E-state index in [0.717, 1.165) is 37.9 Å². The number of nitrogen functional groups attached to an aromatic ring is 1. The summed E-state index contributed by atoms with van der Waals surface area (Å²) in [6.07, 6.45) is 9.78. The monoisotopic (exact) mass is 543 g/mol. The van der Waals surface area contributed by atoms with Crippen LogP contribution in [0.15, 0.2) is 42.7 Å². The number of aromatic nitrogens is 5. The average molecular weight is 544 g/mol. The summed E-state index contributed by atoms with van der Waals surface area (Å²) in [4.78, 5) is 18.4. The molecule has 2 aliphatic rings. The Balaban J connectivity index is 1.14. The largest absolute Gasteiger partial charge is 0.493 e. The van der Waals surface area contributed by atoms with E-state index < -0.39 is 0 Å². The van der Waals surface area contributed by atoms with Gasteiger partial charge < -0.3 is 25.4 Å². The van der Waals surface area contributed by atoms with Crippen LogP contribution in [0.1, 0.15) is 38.5 Å². The van der Waals surface area contributed by atoms with Crippen molar-refractivity contribution in [3.8, 4) is 17.3 Å². The molecular formula is C29H37N9O2. The van der Waals surface area contributed by atoms with Crippen molar-refractivity contribution in [1.82, 2.24) is 29.6 Å². The maximum absolute atomic E-state index is 6.26. The fourth-order valence-corrected chi connectivity index (χ4v) is 5.92. The van der Waals surface area contributed by atoms with Crippen molar-refractivity contribution in [2.24, 2.45) is 0 Å². The fourth-order valence-electron chi connectivity index (χ4n) is 5.92. The van der Waals surface area contributed by atoms with Crippen LogP contribution in [0.25, 0.3) is 16.7 Å². The van der Waals surface area contributed by atoms with Gasteiger partial charge in [0.05, 0.1) is 19.7 Å². The van der Waals surface area contributed by atoms with Crippen LogP contribution in [0.5, 0.6) is 11.5 Å². The standard InChI is InChI=1S/C29H37N9O2/c1-39-25-17-23-24(18-26(25)40-2)31-19-32-27(23)38-28(30)34-29(35-38)33-20-9-11-22(12-10-20)37-15-13-36(14-16-37)21-7-5-3-4-6-8-21/h9-12,17-19,21H,3-8,13-16H2,1-2H3,(H3,30,33,34,35). The Bertz CT molecular complexity index is 1440. The molecule has 40 heavy (non-hydrogen) atoms. The second-order valence-electron chi connectivity index (χ2n) is 10.5. The summed E-state index contributed by atoms with van der Waals surface area (Å²) >= 11 is 0. The molecule has 3 heterocycles. The van der Waals surface area contributed by atoms with Crippen molar-refractivity contribution >= 4 is 34.2 Å². The number of benzene rings is 2. The van der Waals surface area contributed by atoms with Gasteiger partial charge in [-0.15, -0.1) is 5.10 Å². The predicted octanol–water partition coefficient (Wildman–Crippen LogP) is 4.40. The number of piperazine rings is 1. The van der Waals surface area contributed by atoms with Crippen LogP contribution in [0.3, 0.4) is 0 Å². The lowest BCUT2D eigenvalue weighted by atomic mass is 10.1. The molecule has 1 saturated carbocycles. The fraction of sp³-hybridized carbons (Fsp3) is 0.448. The lowest BCUT2D eigenvalue weighted by molar-refractivity contribution is 0.169. The van der Waals surface area contributed by atoms with Gasteiger partial charge in [-0.1, -0.05) is 25.7 Å². The second kappa shape index (κ2) is 11.5. The minimum absolute atomic E-state index is 0.209. The zero-order valence-electron chi connectivity index (χ0n) is 23.2. The van der Waals surface area contributed by atoms with E-state index in [-0.39, 0.29) is 5.95 Å². The van der Waals surface area contributed by atoms with Crippen LogP contribution in [-0.4, -0.2) is 76.1 Å². The van der Waals surface area contributed by atoms with Crippen molar-refractivity contribution in [3.63, 3.8) is 0 Å². The Kier molecular flexibility index (Phi) is 7.54. The molecule has 0 radical (unpaired) electrons. The first-order valence-corrected chi connectivity index (χ1v) is 14.1. The highest BCUT2D eigenvalue weighted by Gasteiger charge is 2.24. The van der Waals surface area contributed by atoms with Crippen molar-refractivity contribution in [2.75, 3.05) is 56.3 Å². The Labute approximate surface area is 234 Å². The number of rotatable bonds is 7. The Morgan fingerprint density at radius 3 is 2.27 bits per heavy atom. The van der Waals surface area contributed by atoms with Gasteiger partial charge in [-0.25, -0.2) is 9.97 Å². The number of ether oxygens (including phenoxy) is 2. The summed E-state index contributed by atoms with van der Waals surface area (Å²) in [5.74, 6) is 2.24. The van der Waals surface area contributed by atoms with Gasteiger partial charge in [0.25, 0.3) is 0 Å². The number of nitrogens with one attached hydrogen (secondary N) is 1. The maximum atomic E-state index is 6.26. The maximum Gasteiger partial charge on any atom is 0.248 e. The van der Waals surface area contributed by atoms with Gasteiger partial charge in [0.15, 0.2) is 17.3 Å². The van der Waals surface area contributed by atoms with Crippen molar-refractivity contribution in [1.29, 1.82) is 0 Å². The molecule has 0 amide bonds. The molecule has 6 rings (SSSR count). The minimum Gasteiger partial charge on any atom is -0.493 e. The molecule has 11 heteroatoms. The molecule has 2 aromatic carbocycles. The van der Waals surface area contributed by atoms with Crippen LogP contribution in [0.2, 0.25) is 0 Å². The van der Waals surface area contributed by atoms with E-state index in [1.54, 1.807) is 20.3 Å². The number of hydrogen-bond acceptors (Lipinski definition) is 10. The van der Waals surface area contributed by atoms with E-state index in [9.17, 15) is 0 Å². The highest BCUT2D eigenvalue weighted by atomic mass is 16.5. The third kappa shape index (κ3) is 5.33. The minimum atomic E-state index is 0.209. The number of hydrogen-bond donors (Lipinski definition) is 2. The Morgan fingerprint density at radius 2 is 1.57 bits per heavy atom. The summed E-state index contributed by atoms with van der Waals surface area (Å²) < 4.78 is 12.4. The van der Waals surface area contributed by atoms with Gasteiger partial charge in [0.1, 0.15) is 6.33 Å². The molecule has 1 aliphatic heterocycles. The summed E-state index contributed by atoms with van der Waals surface area (Å²) in [5.41, 5.74) is 9.06. The van der Waals surface area contributed by atoms with Gasteiger partial charge in [-0.2, -0.15) is 9.67 Å². The molecule has 1 saturated heterocycles. The SMILES string of the molecule is COc1cc2ncnc(-n3nc(Nc4ccc(N5CCN(C6CCCCCC6)CC5)cc4)nc3N)c2cc1OC. The van der Waals surface area contributed by atoms with Gasteiger partial charge >= 0.3 is 0 Å². The smallest absolute Gasteiger partial charge is 0.248 e. The number of nitrogens with zero attached hydrogens (tertiary/aromatic N) is 7. The topological polar surface area (TPSA) is 119 Å². The quantitative estimate of drug-likeness (QED) is 0.325. The lowest BCUT2D eigenvalue weighted by Crippen LogP contribution is -2.50. The summed E-state index contributed by atoms with van der Waals surface area (Å²) in [6.45, 7) is 4.41. The molecule has 0 atom stereocenters. The predicted molar refractivity (Wildman–Crippen MR) is 157 cm³/mol. The summed E-state index contributed by atoms with van der Waals surface area (Å²) in [7, 11) is 3.17. The number of anilines is 4. The number of fused-ring (bicyclic) bond motifs is 1. The molecule has 1 aliphatic carbocycles. The van der Waals surface area contributed by atoms with E-state index >= 15 is 0 Å². The molecule has 210 valence electrons. The van der Waals surface area contributed by atoms with Gasteiger partial charge in [0, 0.05) is 55.0 Å². The second-order valence-corrected chi connectivity index (χ2v) is 10.5. The van der Waals surface area contributed by atoms with Crippen LogP contribution >= 0.6 is 0 Å². The molecule has 4 aromatic rings. The van der Waals surface area contributed by atoms with E-state index in [2.05, 4.69) is 59.4 Å². The van der Waals surface area contributed by atoms with E-state index in [1.165, 1.54) is 55.2 Å². The zero-order chi connectivity index (χ0) is 27.5. The summed E-state index contributed by atoms with van der Waals surface area (Å²) in [5, 5.41) is 8.57. The van der Waals surface area contributed by atoms with Crippen LogP contribution in [0, 0.1) is 0 Å². The molecule has 0 spiro atoms. The average Bonchev–Trinajstić information content (AvgIpc) is 3.17. The zero-order valence-corrected chi connectivity index (χ0v) is 23.2. The van der Waals surface area contributed by atoms with Crippen LogP contribution < -0.4 is 25.4 Å². The molecule has 0 unspecified atom stereocenters. The van der Waals surface area contributed by atoms with Crippen molar-refractivity contribution < 1.29 is 9.47 Å². The highest BCUT2D eigenvalue weighted by Crippen LogP contribution is 2.33. The molecular weight excluding hydrogens is 506 g/mol. The van der Waals surface area contributed by atoms with Gasteiger partial charge in [-0.3, -0.25) is 4.90 Å². The van der Waals surface area contributed by atoms with Gasteiger partial charge in [-0.05, 0) is 43.2 Å². The molecule has 2 aromatic heterocycles. The first-order valence-electron chi connectivity index (χ1n) is 14.1. The lowest BCUT2D eigenvalue weighted by Gasteiger charge is -2.40. The highest BCUT2D eigenvalue weighted by molar-refractivity contribution is 5.88. The molecule has 11 nitrogen and oxygen atoms in total. The van der Waals surface area contributed by atoms with E-state index in [1.807, 2.05) is 6.07 Å². The first kappa shape index (κ1) is 26.1. The Hall–Kier alpha value is -4.12. The normalized spacial score (nSPS) is 17.1. The van der Waals surface area contributed by atoms with E-state index in [0.29, 0.717) is 34.2 Å². The molecule has 3 N–H and O–H groups in total. The molecule has 2 fully saturated rings. The van der Waals surface area contributed by atoms with Crippen molar-refractivity contribution in [3.05, 3.63) is 42.7 Å². The third-order valence-electron chi connectivity index (χ3n) is 8.10. The molecule has 0 bridgehead atoms. The van der Waals surface area contributed by atoms with Gasteiger partial charge in [0.2, 0.25) is 11.9 Å². The third-order valence-corrected chi connectivity index (χ3v) is 8.10. The Morgan fingerprint density at radius 1 is 0.875 bits per heavy atom. The van der Waals surface area contributed by atoms with Crippen LogP contribution in [-0.2, 0) is 0 Å². The number of methoxy groups -OCH3 is 2.